The number of methoxy groups -OCH3 is 1. The molecule has 1 aromatic heterocycles. The molecule has 124 valence electrons. The van der Waals surface area contributed by atoms with Gasteiger partial charge in [0.2, 0.25) is 0 Å². The fourth-order valence-electron chi connectivity index (χ4n) is 2.04. The molecule has 1 unspecified atom stereocenters. The molecular weight excluding hydrogens is 342 g/mol. The molecule has 0 spiro atoms. The number of rotatable bonds is 2. The molecule has 0 aromatic carbocycles. The fourth-order valence-corrected chi connectivity index (χ4v) is 2.36. The first-order valence-electron chi connectivity index (χ1n) is 6.06. The summed E-state index contributed by atoms with van der Waals surface area (Å²) in [4.78, 5) is 15.5. The van der Waals surface area contributed by atoms with Crippen LogP contribution < -0.4 is 11.1 Å². The Morgan fingerprint density at radius 3 is 2.61 bits per heavy atom. The lowest BCUT2D eigenvalue weighted by Gasteiger charge is -2.38. The zero-order chi connectivity index (χ0) is 17.4. The number of nitrogens with one attached hydrogen (secondary N) is 1. The highest BCUT2D eigenvalue weighted by Crippen LogP contribution is 2.45. The Labute approximate surface area is 132 Å². The summed E-state index contributed by atoms with van der Waals surface area (Å²) in [5.41, 5.74) is 0.137. The molecule has 0 bridgehead atoms. The number of esters is 1. The van der Waals surface area contributed by atoms with E-state index >= 15 is 0 Å². The van der Waals surface area contributed by atoms with Crippen molar-refractivity contribution >= 4 is 23.3 Å². The van der Waals surface area contributed by atoms with Crippen molar-refractivity contribution in [3.8, 4) is 0 Å². The van der Waals surface area contributed by atoms with E-state index < -0.39 is 39.9 Å². The topological polar surface area (TPSA) is 77.2 Å². The summed E-state index contributed by atoms with van der Waals surface area (Å²) >= 11 is 5.58. The molecule has 0 saturated carbocycles. The first-order chi connectivity index (χ1) is 10.7. The number of halogens is 5. The van der Waals surface area contributed by atoms with Crippen molar-refractivity contribution in [2.45, 2.75) is 11.7 Å². The van der Waals surface area contributed by atoms with Crippen molar-refractivity contribution in [3.05, 3.63) is 46.6 Å². The molecule has 3 N–H and O–H groups in total. The number of hydrogen-bond acceptors (Lipinski definition) is 5. The summed E-state index contributed by atoms with van der Waals surface area (Å²) in [7, 11) is 0.746. The average Bonchev–Trinajstić information content (AvgIpc) is 2.52. The number of pyridine rings is 1. The second-order valence-corrected chi connectivity index (χ2v) is 4.90. The maximum Gasteiger partial charge on any atom is 0.427 e. The van der Waals surface area contributed by atoms with Gasteiger partial charge in [-0.2, -0.15) is 13.2 Å². The summed E-state index contributed by atoms with van der Waals surface area (Å²) in [5.74, 6) is -3.00. The lowest BCUT2D eigenvalue weighted by atomic mass is 9.91. The Morgan fingerprint density at radius 1 is 1.48 bits per heavy atom. The first kappa shape index (κ1) is 17.1. The lowest BCUT2D eigenvalue weighted by Crippen LogP contribution is -2.64. The van der Waals surface area contributed by atoms with E-state index in [-0.39, 0.29) is 5.56 Å². The summed E-state index contributed by atoms with van der Waals surface area (Å²) in [5, 5.41) is 0.551. The Balaban J connectivity index is 2.73. The molecule has 0 radical (unpaired) electrons. The molecule has 0 saturated heterocycles. The monoisotopic (exact) mass is 351 g/mol. The smallest absolute Gasteiger partial charge is 0.427 e. The standard InChI is InChI=1S/C13H10ClF4N3O2/c1-23-11(22)12(13(16,17)18)10(14)8(19)7(15)9(21-12)6-3-2-4-20-5-6/h2-5,21H,19H2,1H3. The quantitative estimate of drug-likeness (QED) is 0.631. The third kappa shape index (κ3) is 2.50. The summed E-state index contributed by atoms with van der Waals surface area (Å²) in [6.07, 6.45) is -2.79. The minimum Gasteiger partial charge on any atom is -0.467 e. The number of dihydropyridines is 1. The number of aromatic nitrogens is 1. The van der Waals surface area contributed by atoms with Crippen LogP contribution in [0.3, 0.4) is 0 Å². The third-order valence-corrected chi connectivity index (χ3v) is 3.69. The van der Waals surface area contributed by atoms with Gasteiger partial charge in [0.1, 0.15) is 0 Å². The zero-order valence-corrected chi connectivity index (χ0v) is 12.3. The van der Waals surface area contributed by atoms with Gasteiger partial charge in [-0.05, 0) is 12.1 Å². The number of hydrogen-bond donors (Lipinski definition) is 2. The third-order valence-electron chi connectivity index (χ3n) is 3.20. The lowest BCUT2D eigenvalue weighted by molar-refractivity contribution is -0.199. The molecule has 0 amide bonds. The van der Waals surface area contributed by atoms with Gasteiger partial charge in [-0.15, -0.1) is 0 Å². The van der Waals surface area contributed by atoms with Gasteiger partial charge >= 0.3 is 12.1 Å². The molecule has 0 fully saturated rings. The van der Waals surface area contributed by atoms with Crippen molar-refractivity contribution in [1.29, 1.82) is 0 Å². The Bertz CT molecular complexity index is 703. The number of alkyl halides is 3. The molecule has 1 aromatic rings. The predicted octanol–water partition coefficient (Wildman–Crippen LogP) is 2.21. The van der Waals surface area contributed by atoms with Crippen LogP contribution in [-0.2, 0) is 9.53 Å². The van der Waals surface area contributed by atoms with Gasteiger partial charge in [0.05, 0.1) is 23.5 Å². The van der Waals surface area contributed by atoms with Gasteiger partial charge in [-0.25, -0.2) is 9.18 Å². The fraction of sp³-hybridized carbons (Fsp3) is 0.231. The Kier molecular flexibility index (Phi) is 4.25. The minimum absolute atomic E-state index is 0.0466. The molecule has 1 atom stereocenters. The van der Waals surface area contributed by atoms with Crippen LogP contribution in [0.5, 0.6) is 0 Å². The van der Waals surface area contributed by atoms with Gasteiger partial charge in [0.25, 0.3) is 5.54 Å². The zero-order valence-electron chi connectivity index (χ0n) is 11.5. The van der Waals surface area contributed by atoms with Crippen LogP contribution in [-0.4, -0.2) is 29.8 Å². The van der Waals surface area contributed by atoms with E-state index in [0.29, 0.717) is 0 Å². The van der Waals surface area contributed by atoms with Crippen molar-refractivity contribution < 1.29 is 27.1 Å². The first-order valence-corrected chi connectivity index (χ1v) is 6.44. The maximum absolute atomic E-state index is 14.3. The van der Waals surface area contributed by atoms with E-state index in [1.54, 1.807) is 5.32 Å². The molecule has 23 heavy (non-hydrogen) atoms. The largest absolute Gasteiger partial charge is 0.467 e. The number of nitrogens with zero attached hydrogens (tertiary/aromatic N) is 1. The number of allylic oxidation sites excluding steroid dienone is 1. The van der Waals surface area contributed by atoms with E-state index in [0.717, 1.165) is 13.3 Å². The van der Waals surface area contributed by atoms with Crippen LogP contribution in [0.1, 0.15) is 5.56 Å². The second kappa shape index (κ2) is 5.73. The molecule has 2 heterocycles. The molecule has 5 nitrogen and oxygen atoms in total. The number of nitrogens with two attached hydrogens (primary N) is 1. The van der Waals surface area contributed by atoms with Gasteiger partial charge in [0.15, 0.2) is 5.83 Å². The van der Waals surface area contributed by atoms with Crippen LogP contribution >= 0.6 is 11.6 Å². The minimum atomic E-state index is -5.24. The van der Waals surface area contributed by atoms with E-state index in [1.807, 2.05) is 0 Å². The van der Waals surface area contributed by atoms with Gasteiger partial charge in [0, 0.05) is 18.0 Å². The van der Waals surface area contributed by atoms with Crippen LogP contribution in [0.2, 0.25) is 0 Å². The Morgan fingerprint density at radius 2 is 2.13 bits per heavy atom. The summed E-state index contributed by atoms with van der Waals surface area (Å²) < 4.78 is 59.2. The van der Waals surface area contributed by atoms with E-state index in [4.69, 9.17) is 17.3 Å². The molecule has 10 heteroatoms. The molecule has 1 aliphatic heterocycles. The second-order valence-electron chi connectivity index (χ2n) is 4.52. The summed E-state index contributed by atoms with van der Waals surface area (Å²) in [6, 6.07) is 2.67. The van der Waals surface area contributed by atoms with E-state index in [9.17, 15) is 22.4 Å². The summed E-state index contributed by atoms with van der Waals surface area (Å²) in [6.45, 7) is 0. The van der Waals surface area contributed by atoms with Crippen molar-refractivity contribution in [2.75, 3.05) is 7.11 Å². The molecule has 2 rings (SSSR count). The van der Waals surface area contributed by atoms with Crippen molar-refractivity contribution in [1.82, 2.24) is 10.3 Å². The Hall–Kier alpha value is -2.29. The van der Waals surface area contributed by atoms with Crippen LogP contribution in [0, 0.1) is 0 Å². The molecular formula is C13H10ClF4N3O2. The van der Waals surface area contributed by atoms with Crippen LogP contribution in [0.4, 0.5) is 17.6 Å². The normalized spacial score (nSPS) is 22.0. The predicted molar refractivity (Wildman–Crippen MR) is 73.3 cm³/mol. The SMILES string of the molecule is COC(=O)C1(C(F)(F)F)NC(c2cccnc2)=C(F)C(N)=C1Cl. The van der Waals surface area contributed by atoms with Crippen LogP contribution in [0.15, 0.2) is 41.1 Å². The highest BCUT2D eigenvalue weighted by atomic mass is 35.5. The highest BCUT2D eigenvalue weighted by molar-refractivity contribution is 6.34. The van der Waals surface area contributed by atoms with E-state index in [2.05, 4.69) is 9.72 Å². The van der Waals surface area contributed by atoms with Gasteiger partial charge in [-0.1, -0.05) is 11.6 Å². The van der Waals surface area contributed by atoms with E-state index in [1.165, 1.54) is 18.3 Å². The van der Waals surface area contributed by atoms with Crippen molar-refractivity contribution in [3.63, 3.8) is 0 Å². The van der Waals surface area contributed by atoms with Gasteiger partial charge < -0.3 is 15.8 Å². The van der Waals surface area contributed by atoms with Crippen molar-refractivity contribution in [2.24, 2.45) is 5.73 Å². The number of carbonyl (C=O) groups is 1. The van der Waals surface area contributed by atoms with Gasteiger partial charge in [-0.3, -0.25) is 4.98 Å². The number of carbonyl (C=O) groups excluding carboxylic acids is 1. The highest BCUT2D eigenvalue weighted by Gasteiger charge is 2.66. The number of ether oxygens (including phenoxy) is 1. The average molecular weight is 352 g/mol. The maximum atomic E-state index is 14.3. The molecule has 1 aliphatic rings. The van der Waals surface area contributed by atoms with Crippen LogP contribution in [0.25, 0.3) is 5.70 Å². The molecule has 0 aliphatic carbocycles.